The molecule has 2 rings (SSSR count). The van der Waals surface area contributed by atoms with Crippen molar-refractivity contribution < 1.29 is 28.6 Å². The molecular formula is C26H33ClN2O6. The molecule has 0 unspecified atom stereocenters. The lowest BCUT2D eigenvalue weighted by atomic mass is 9.95. The summed E-state index contributed by atoms with van der Waals surface area (Å²) in [4.78, 5) is 36.7. The lowest BCUT2D eigenvalue weighted by Crippen LogP contribution is -2.48. The molecule has 0 radical (unpaired) electrons. The molecule has 0 aliphatic heterocycles. The van der Waals surface area contributed by atoms with E-state index < -0.39 is 29.9 Å². The minimum atomic E-state index is -1.31. The summed E-state index contributed by atoms with van der Waals surface area (Å²) in [7, 11) is 0. The Labute approximate surface area is 211 Å². The van der Waals surface area contributed by atoms with Crippen LogP contribution >= 0.6 is 11.6 Å². The van der Waals surface area contributed by atoms with Crippen molar-refractivity contribution in [2.45, 2.75) is 58.1 Å². The maximum absolute atomic E-state index is 12.4. The molecule has 0 saturated carbocycles. The van der Waals surface area contributed by atoms with E-state index in [-0.39, 0.29) is 5.91 Å². The first-order valence-electron chi connectivity index (χ1n) is 11.5. The van der Waals surface area contributed by atoms with E-state index in [1.54, 1.807) is 64.1 Å². The third kappa shape index (κ3) is 8.26. The maximum atomic E-state index is 12.4. The molecule has 0 heterocycles. The van der Waals surface area contributed by atoms with Crippen molar-refractivity contribution in [3.63, 3.8) is 0 Å². The van der Waals surface area contributed by atoms with Crippen molar-refractivity contribution in [3.8, 4) is 5.75 Å². The van der Waals surface area contributed by atoms with Gasteiger partial charge in [-0.3, -0.25) is 4.79 Å². The van der Waals surface area contributed by atoms with E-state index in [4.69, 9.17) is 31.5 Å². The van der Waals surface area contributed by atoms with Gasteiger partial charge in [-0.1, -0.05) is 37.6 Å². The second-order valence-electron chi connectivity index (χ2n) is 8.61. The normalized spacial score (nSPS) is 11.5. The van der Waals surface area contributed by atoms with E-state index in [9.17, 15) is 14.4 Å². The van der Waals surface area contributed by atoms with Crippen molar-refractivity contribution in [3.05, 3.63) is 64.7 Å². The third-order valence-electron chi connectivity index (χ3n) is 5.64. The van der Waals surface area contributed by atoms with Crippen LogP contribution in [-0.4, -0.2) is 42.3 Å². The molecule has 0 bridgehead atoms. The number of hydrogen-bond donors (Lipinski definition) is 2. The average Bonchev–Trinajstić information content (AvgIpc) is 2.84. The lowest BCUT2D eigenvalue weighted by molar-refractivity contribution is -0.180. The highest BCUT2D eigenvalue weighted by Gasteiger charge is 2.34. The highest BCUT2D eigenvalue weighted by molar-refractivity contribution is 6.30. The highest BCUT2D eigenvalue weighted by Crippen LogP contribution is 2.21. The van der Waals surface area contributed by atoms with Crippen molar-refractivity contribution >= 4 is 29.4 Å². The van der Waals surface area contributed by atoms with E-state index in [1.807, 2.05) is 12.1 Å². The van der Waals surface area contributed by atoms with Gasteiger partial charge in [0.25, 0.3) is 5.91 Å². The number of ether oxygens (including phenoxy) is 3. The van der Waals surface area contributed by atoms with E-state index in [1.165, 1.54) is 0 Å². The zero-order valence-electron chi connectivity index (χ0n) is 20.6. The van der Waals surface area contributed by atoms with E-state index in [0.717, 1.165) is 5.56 Å². The summed E-state index contributed by atoms with van der Waals surface area (Å²) in [5, 5.41) is 3.43. The summed E-state index contributed by atoms with van der Waals surface area (Å²) in [5.74, 6) is -1.01. The van der Waals surface area contributed by atoms with E-state index >= 15 is 0 Å². The monoisotopic (exact) mass is 504 g/mol. The fraction of sp³-hybridized carbons (Fsp3) is 0.423. The van der Waals surface area contributed by atoms with Gasteiger partial charge in [-0.05, 0) is 75.1 Å². The number of esters is 2. The first-order chi connectivity index (χ1) is 16.5. The molecule has 35 heavy (non-hydrogen) atoms. The van der Waals surface area contributed by atoms with Crippen molar-refractivity contribution in [1.82, 2.24) is 5.32 Å². The van der Waals surface area contributed by atoms with Gasteiger partial charge in [-0.2, -0.15) is 0 Å². The van der Waals surface area contributed by atoms with Crippen LogP contribution in [0.5, 0.6) is 5.75 Å². The lowest BCUT2D eigenvalue weighted by Gasteiger charge is -2.26. The Hall–Kier alpha value is -3.10. The summed E-state index contributed by atoms with van der Waals surface area (Å²) in [6, 6.07) is 13.8. The molecule has 9 heteroatoms. The van der Waals surface area contributed by atoms with Crippen LogP contribution in [0.25, 0.3) is 0 Å². The summed E-state index contributed by atoms with van der Waals surface area (Å²) in [5.41, 5.74) is 5.09. The van der Waals surface area contributed by atoms with Gasteiger partial charge in [0.1, 0.15) is 11.3 Å². The third-order valence-corrected chi connectivity index (χ3v) is 5.89. The molecule has 2 aromatic rings. The van der Waals surface area contributed by atoms with Crippen molar-refractivity contribution in [1.29, 1.82) is 0 Å². The SMILES string of the molecule is CCC(N)(CC)C(=O)OCOC(=O)C(C)(C)Oc1ccc(CCNC(=O)c2ccc(Cl)cc2)cc1. The molecule has 2 aromatic carbocycles. The van der Waals surface area contributed by atoms with E-state index in [0.29, 0.717) is 42.1 Å². The van der Waals surface area contributed by atoms with Gasteiger partial charge in [0.15, 0.2) is 5.60 Å². The van der Waals surface area contributed by atoms with Crippen molar-refractivity contribution in [2.75, 3.05) is 13.3 Å². The molecule has 0 spiro atoms. The zero-order valence-corrected chi connectivity index (χ0v) is 21.3. The Kier molecular flexibility index (Phi) is 10.1. The van der Waals surface area contributed by atoms with Gasteiger partial charge in [-0.25, -0.2) is 9.59 Å². The number of rotatable bonds is 12. The number of carbonyl (C=O) groups excluding carboxylic acids is 3. The number of halogens is 1. The standard InChI is InChI=1S/C26H33ClN2O6/c1-5-26(28,6-2)24(32)34-17-33-23(31)25(3,4)35-21-13-7-18(8-14-21)15-16-29-22(30)19-9-11-20(27)12-10-19/h7-14H,5-6,15-17,28H2,1-4H3,(H,29,30). The average molecular weight is 505 g/mol. The summed E-state index contributed by atoms with van der Waals surface area (Å²) in [6.07, 6.45) is 1.44. The fourth-order valence-electron chi connectivity index (χ4n) is 3.08. The van der Waals surface area contributed by atoms with Crippen LogP contribution < -0.4 is 15.8 Å². The van der Waals surface area contributed by atoms with Gasteiger partial charge in [0.05, 0.1) is 0 Å². The molecule has 0 aliphatic carbocycles. The van der Waals surface area contributed by atoms with Gasteiger partial charge >= 0.3 is 11.9 Å². The van der Waals surface area contributed by atoms with Crippen LogP contribution in [0.1, 0.15) is 56.5 Å². The number of benzene rings is 2. The molecule has 190 valence electrons. The van der Waals surface area contributed by atoms with Gasteiger partial charge < -0.3 is 25.3 Å². The fourth-order valence-corrected chi connectivity index (χ4v) is 3.20. The van der Waals surface area contributed by atoms with Crippen LogP contribution in [-0.2, 0) is 25.5 Å². The van der Waals surface area contributed by atoms with Gasteiger partial charge in [0.2, 0.25) is 6.79 Å². The Morgan fingerprint density at radius 3 is 2.06 bits per heavy atom. The Morgan fingerprint density at radius 2 is 1.49 bits per heavy atom. The number of nitrogens with one attached hydrogen (secondary N) is 1. The quantitative estimate of drug-likeness (QED) is 0.331. The number of carbonyl (C=O) groups is 3. The Balaban J connectivity index is 1.80. The second kappa shape index (κ2) is 12.6. The smallest absolute Gasteiger partial charge is 0.352 e. The Morgan fingerprint density at radius 1 is 0.914 bits per heavy atom. The Bertz CT molecular complexity index is 1000. The molecule has 3 N–H and O–H groups in total. The summed E-state index contributed by atoms with van der Waals surface area (Å²) >= 11 is 5.84. The minimum Gasteiger partial charge on any atom is -0.476 e. The van der Waals surface area contributed by atoms with Crippen molar-refractivity contribution in [2.24, 2.45) is 5.73 Å². The van der Waals surface area contributed by atoms with E-state index in [2.05, 4.69) is 5.32 Å². The molecule has 0 saturated heterocycles. The van der Waals surface area contributed by atoms with Gasteiger partial charge in [-0.15, -0.1) is 0 Å². The molecule has 8 nitrogen and oxygen atoms in total. The molecule has 0 fully saturated rings. The first-order valence-corrected chi connectivity index (χ1v) is 11.8. The first kappa shape index (κ1) is 28.1. The highest BCUT2D eigenvalue weighted by atomic mass is 35.5. The predicted octanol–water partition coefficient (Wildman–Crippen LogP) is 4.03. The summed E-state index contributed by atoms with van der Waals surface area (Å²) in [6.45, 7) is 6.61. The van der Waals surface area contributed by atoms with Crippen LogP contribution in [0.4, 0.5) is 0 Å². The molecular weight excluding hydrogens is 472 g/mol. The summed E-state index contributed by atoms with van der Waals surface area (Å²) < 4.78 is 15.9. The minimum absolute atomic E-state index is 0.172. The maximum Gasteiger partial charge on any atom is 0.352 e. The second-order valence-corrected chi connectivity index (χ2v) is 9.05. The topological polar surface area (TPSA) is 117 Å². The number of nitrogens with two attached hydrogens (primary N) is 1. The van der Waals surface area contributed by atoms with Crippen LogP contribution in [0, 0.1) is 0 Å². The van der Waals surface area contributed by atoms with Crippen LogP contribution in [0.15, 0.2) is 48.5 Å². The predicted molar refractivity (Wildman–Crippen MR) is 133 cm³/mol. The molecule has 0 atom stereocenters. The molecule has 0 aromatic heterocycles. The number of hydrogen-bond acceptors (Lipinski definition) is 7. The number of amides is 1. The van der Waals surface area contributed by atoms with Gasteiger partial charge in [0, 0.05) is 17.1 Å². The van der Waals surface area contributed by atoms with Crippen LogP contribution in [0.3, 0.4) is 0 Å². The largest absolute Gasteiger partial charge is 0.476 e. The molecule has 1 amide bonds. The zero-order chi connectivity index (χ0) is 26.1. The molecule has 0 aliphatic rings. The van der Waals surface area contributed by atoms with Crippen LogP contribution in [0.2, 0.25) is 5.02 Å².